The summed E-state index contributed by atoms with van der Waals surface area (Å²) in [6.45, 7) is 0. The van der Waals surface area contributed by atoms with Crippen molar-refractivity contribution >= 4 is 79.6 Å². The first kappa shape index (κ1) is 14.4. The third-order valence-corrected chi connectivity index (χ3v) is 7.30. The lowest BCUT2D eigenvalue weighted by Gasteiger charge is -2.25. The molecule has 0 bridgehead atoms. The van der Waals surface area contributed by atoms with Crippen LogP contribution in [0.15, 0.2) is 35.2 Å². The molecule has 0 saturated carbocycles. The molecule has 0 aliphatic rings. The maximum absolute atomic E-state index is 5.87. The average molecular weight is 343 g/mol. The van der Waals surface area contributed by atoms with E-state index in [0.717, 1.165) is 15.7 Å². The lowest BCUT2D eigenvalue weighted by Crippen LogP contribution is -2.25. The van der Waals surface area contributed by atoms with Crippen LogP contribution in [-0.4, -0.2) is 7.46 Å². The molecule has 15 heavy (non-hydrogen) atoms. The molecule has 0 saturated heterocycles. The fraction of sp³-hybridized carbons (Fsp3) is 0.250. The van der Waals surface area contributed by atoms with Gasteiger partial charge in [-0.1, -0.05) is 87.0 Å². The van der Waals surface area contributed by atoms with Crippen LogP contribution in [0.3, 0.4) is 0 Å². The van der Waals surface area contributed by atoms with Crippen molar-refractivity contribution in [2.75, 3.05) is 0 Å². The average Bonchev–Trinajstić information content (AvgIpc) is 2.15. The minimum absolute atomic E-state index is 0.988. The van der Waals surface area contributed by atoms with Crippen molar-refractivity contribution in [1.29, 1.82) is 0 Å². The number of hydrogen-bond acceptors (Lipinski definition) is 2. The van der Waals surface area contributed by atoms with Crippen molar-refractivity contribution in [2.24, 2.45) is 0 Å². The van der Waals surface area contributed by atoms with Crippen LogP contribution in [0, 0.1) is 0 Å². The van der Waals surface area contributed by atoms with Gasteiger partial charge in [-0.15, -0.1) is 0 Å². The molecule has 0 fully saturated rings. The second-order valence-electron chi connectivity index (χ2n) is 2.49. The molecule has 0 aliphatic carbocycles. The second kappa shape index (κ2) is 5.81. The molecule has 7 heteroatoms. The van der Waals surface area contributed by atoms with E-state index >= 15 is 0 Å². The number of benzene rings is 1. The molecule has 0 nitrogen and oxygen atoms in total. The fourth-order valence-electron chi connectivity index (χ4n) is 0.624. The van der Waals surface area contributed by atoms with Gasteiger partial charge in [-0.05, 0) is 22.9 Å². The maximum atomic E-state index is 5.87. The van der Waals surface area contributed by atoms with E-state index < -0.39 is 7.46 Å². The lowest BCUT2D eigenvalue weighted by molar-refractivity contribution is 1.12. The SMILES string of the molecule is ClC(Cl)(Cl)C(Cl)(Cl)SSc1ccccc1. The van der Waals surface area contributed by atoms with Gasteiger partial charge in [0.25, 0.3) is 0 Å². The summed E-state index contributed by atoms with van der Waals surface area (Å²) in [7, 11) is 2.44. The molecular formula is C8H5Cl5S2. The number of halogens is 5. The monoisotopic (exact) mass is 340 g/mol. The van der Waals surface area contributed by atoms with E-state index in [1.165, 1.54) is 10.8 Å². The van der Waals surface area contributed by atoms with Crippen molar-refractivity contribution in [3.63, 3.8) is 0 Å². The van der Waals surface area contributed by atoms with Crippen molar-refractivity contribution in [3.8, 4) is 0 Å². The molecule has 0 radical (unpaired) electrons. The predicted molar refractivity (Wildman–Crippen MR) is 74.6 cm³/mol. The zero-order valence-corrected chi connectivity index (χ0v) is 12.5. The van der Waals surface area contributed by atoms with Crippen molar-refractivity contribution in [2.45, 2.75) is 12.4 Å². The highest BCUT2D eigenvalue weighted by Gasteiger charge is 2.47. The van der Waals surface area contributed by atoms with Crippen molar-refractivity contribution in [1.82, 2.24) is 0 Å². The summed E-state index contributed by atoms with van der Waals surface area (Å²) in [4.78, 5) is 0.988. The lowest BCUT2D eigenvalue weighted by atomic mass is 10.4. The van der Waals surface area contributed by atoms with Crippen LogP contribution in [0.2, 0.25) is 0 Å². The zero-order chi connectivity index (χ0) is 11.5. The highest BCUT2D eigenvalue weighted by molar-refractivity contribution is 8.77. The van der Waals surface area contributed by atoms with Crippen LogP contribution < -0.4 is 0 Å². The quantitative estimate of drug-likeness (QED) is 0.493. The summed E-state index contributed by atoms with van der Waals surface area (Å²) in [5, 5.41) is 0. The summed E-state index contributed by atoms with van der Waals surface area (Å²) < 4.78 is -3.22. The Balaban J connectivity index is 2.58. The molecule has 84 valence electrons. The van der Waals surface area contributed by atoms with E-state index in [0.29, 0.717) is 0 Å². The van der Waals surface area contributed by atoms with Gasteiger partial charge in [-0.2, -0.15) is 0 Å². The fourth-order valence-corrected chi connectivity index (χ4v) is 3.82. The molecule has 0 N–H and O–H groups in total. The molecule has 1 rings (SSSR count). The third-order valence-electron chi connectivity index (χ3n) is 1.32. The van der Waals surface area contributed by atoms with Gasteiger partial charge >= 0.3 is 0 Å². The molecule has 0 unspecified atom stereocenters. The van der Waals surface area contributed by atoms with Crippen LogP contribution in [0.25, 0.3) is 0 Å². The van der Waals surface area contributed by atoms with Gasteiger partial charge in [0.2, 0.25) is 7.46 Å². The van der Waals surface area contributed by atoms with Gasteiger partial charge in [-0.25, -0.2) is 0 Å². The first-order chi connectivity index (χ1) is 6.83. The van der Waals surface area contributed by atoms with Gasteiger partial charge < -0.3 is 0 Å². The number of rotatable bonds is 3. The van der Waals surface area contributed by atoms with Crippen LogP contribution in [-0.2, 0) is 0 Å². The molecule has 0 aromatic heterocycles. The Labute approximate surface area is 121 Å². The van der Waals surface area contributed by atoms with Gasteiger partial charge in [-0.3, -0.25) is 0 Å². The summed E-state index contributed by atoms with van der Waals surface area (Å²) in [5.41, 5.74) is 0. The molecule has 0 amide bonds. The summed E-state index contributed by atoms with van der Waals surface area (Å²) in [5.74, 6) is 0. The van der Waals surface area contributed by atoms with Crippen LogP contribution >= 0.6 is 79.6 Å². The Hall–Kier alpha value is 1.37. The highest BCUT2D eigenvalue weighted by Crippen LogP contribution is 2.57. The molecular weight excluding hydrogens is 337 g/mol. The Kier molecular flexibility index (Phi) is 5.59. The standard InChI is InChI=1S/C8H5Cl5S2/c9-7(10,11)8(12,13)15-14-6-4-2-1-3-5-6/h1-5H. The highest BCUT2D eigenvalue weighted by atomic mass is 35.6. The minimum Gasteiger partial charge on any atom is -0.0836 e. The molecule has 1 aromatic carbocycles. The summed E-state index contributed by atoms with van der Waals surface area (Å²) in [6, 6.07) is 9.56. The smallest absolute Gasteiger partial charge is 0.0836 e. The first-order valence-electron chi connectivity index (χ1n) is 3.68. The summed E-state index contributed by atoms with van der Waals surface area (Å²) >= 11 is 28.6. The topological polar surface area (TPSA) is 0 Å². The van der Waals surface area contributed by atoms with E-state index in [1.54, 1.807) is 0 Å². The van der Waals surface area contributed by atoms with Gasteiger partial charge in [0.1, 0.15) is 0 Å². The van der Waals surface area contributed by atoms with E-state index in [-0.39, 0.29) is 0 Å². The molecule has 0 spiro atoms. The van der Waals surface area contributed by atoms with Gasteiger partial charge in [0, 0.05) is 4.90 Å². The third kappa shape index (κ3) is 4.63. The largest absolute Gasteiger partial charge is 0.233 e. The van der Waals surface area contributed by atoms with Crippen LogP contribution in [0.1, 0.15) is 0 Å². The Morgan fingerprint density at radius 1 is 0.867 bits per heavy atom. The molecule has 0 atom stereocenters. The Morgan fingerprint density at radius 3 is 1.87 bits per heavy atom. The first-order valence-corrected chi connectivity index (χ1v) is 7.72. The molecule has 1 aromatic rings. The zero-order valence-electron chi connectivity index (χ0n) is 7.09. The Bertz CT molecular complexity index is 309. The van der Waals surface area contributed by atoms with E-state index in [2.05, 4.69) is 0 Å². The van der Waals surface area contributed by atoms with Crippen LogP contribution in [0.5, 0.6) is 0 Å². The number of alkyl halides is 5. The van der Waals surface area contributed by atoms with Crippen LogP contribution in [0.4, 0.5) is 0 Å². The molecule has 0 heterocycles. The maximum Gasteiger partial charge on any atom is 0.233 e. The Morgan fingerprint density at radius 2 is 1.40 bits per heavy atom. The van der Waals surface area contributed by atoms with E-state index in [9.17, 15) is 0 Å². The van der Waals surface area contributed by atoms with E-state index in [1.807, 2.05) is 30.3 Å². The van der Waals surface area contributed by atoms with Crippen molar-refractivity contribution in [3.05, 3.63) is 30.3 Å². The van der Waals surface area contributed by atoms with Gasteiger partial charge in [0.15, 0.2) is 0 Å². The van der Waals surface area contributed by atoms with E-state index in [4.69, 9.17) is 58.0 Å². The normalized spacial score (nSPS) is 12.9. The summed E-state index contributed by atoms with van der Waals surface area (Å²) in [6.07, 6.45) is 0. The molecule has 0 aliphatic heterocycles. The second-order valence-corrected chi connectivity index (χ2v) is 8.97. The minimum atomic E-state index is -1.73. The van der Waals surface area contributed by atoms with Crippen molar-refractivity contribution < 1.29 is 0 Å². The van der Waals surface area contributed by atoms with Gasteiger partial charge in [0.05, 0.1) is 0 Å². The predicted octanol–water partition coefficient (Wildman–Crippen LogP) is 5.93. The number of hydrogen-bond donors (Lipinski definition) is 0.